The third-order valence-electron chi connectivity index (χ3n) is 3.29. The largest absolute Gasteiger partial charge is 0.457 e. The van der Waals surface area contributed by atoms with Crippen LogP contribution in [0.15, 0.2) is 54.6 Å². The maximum absolute atomic E-state index is 13.7. The van der Waals surface area contributed by atoms with Gasteiger partial charge in [0.1, 0.15) is 11.9 Å². The second-order valence-corrected chi connectivity index (χ2v) is 4.73. The van der Waals surface area contributed by atoms with Crippen LogP contribution in [0.4, 0.5) is 4.39 Å². The van der Waals surface area contributed by atoms with E-state index in [2.05, 4.69) is 0 Å². The number of hydrogen-bond acceptors (Lipinski definition) is 2. The van der Waals surface area contributed by atoms with Gasteiger partial charge in [-0.15, -0.1) is 0 Å². The second-order valence-electron chi connectivity index (χ2n) is 4.73. The van der Waals surface area contributed by atoms with E-state index in [9.17, 15) is 9.18 Å². The quantitative estimate of drug-likeness (QED) is 0.778. The SMILES string of the molecule is CC(C(=O)O[C@@H](C)c1ccccc1)c1ccccc1F. The highest BCUT2D eigenvalue weighted by molar-refractivity contribution is 5.78. The van der Waals surface area contributed by atoms with Crippen molar-refractivity contribution in [3.63, 3.8) is 0 Å². The molecule has 2 aromatic carbocycles. The molecule has 0 radical (unpaired) electrons. The highest BCUT2D eigenvalue weighted by Crippen LogP contribution is 2.24. The molecule has 104 valence electrons. The van der Waals surface area contributed by atoms with Gasteiger partial charge in [0, 0.05) is 5.56 Å². The molecule has 0 aliphatic heterocycles. The minimum absolute atomic E-state index is 0.349. The van der Waals surface area contributed by atoms with Crippen molar-refractivity contribution in [2.45, 2.75) is 25.9 Å². The molecule has 0 bridgehead atoms. The monoisotopic (exact) mass is 272 g/mol. The summed E-state index contributed by atoms with van der Waals surface area (Å²) in [4.78, 5) is 12.1. The van der Waals surface area contributed by atoms with E-state index in [1.54, 1.807) is 32.0 Å². The first-order chi connectivity index (χ1) is 9.59. The fraction of sp³-hybridized carbons (Fsp3) is 0.235. The summed E-state index contributed by atoms with van der Waals surface area (Å²) >= 11 is 0. The summed E-state index contributed by atoms with van der Waals surface area (Å²) < 4.78 is 19.1. The van der Waals surface area contributed by atoms with Crippen LogP contribution < -0.4 is 0 Å². The van der Waals surface area contributed by atoms with Gasteiger partial charge in [0.2, 0.25) is 0 Å². The molecule has 0 spiro atoms. The Kier molecular flexibility index (Phi) is 4.51. The standard InChI is InChI=1S/C17H17FO2/c1-12(15-10-6-7-11-16(15)18)17(19)20-13(2)14-8-4-3-5-9-14/h3-13H,1-2H3/t12?,13-/m0/s1. The van der Waals surface area contributed by atoms with Gasteiger partial charge >= 0.3 is 5.97 Å². The van der Waals surface area contributed by atoms with Crippen LogP contribution in [0.2, 0.25) is 0 Å². The van der Waals surface area contributed by atoms with E-state index in [4.69, 9.17) is 4.74 Å². The smallest absolute Gasteiger partial charge is 0.313 e. The van der Waals surface area contributed by atoms with E-state index >= 15 is 0 Å². The normalized spacial score (nSPS) is 13.6. The van der Waals surface area contributed by atoms with Crippen molar-refractivity contribution in [2.24, 2.45) is 0 Å². The molecule has 20 heavy (non-hydrogen) atoms. The first-order valence-corrected chi connectivity index (χ1v) is 6.59. The van der Waals surface area contributed by atoms with Crippen molar-refractivity contribution in [3.05, 3.63) is 71.5 Å². The molecular weight excluding hydrogens is 255 g/mol. The molecule has 0 N–H and O–H groups in total. The average molecular weight is 272 g/mol. The maximum atomic E-state index is 13.7. The third-order valence-corrected chi connectivity index (χ3v) is 3.29. The summed E-state index contributed by atoms with van der Waals surface area (Å²) in [5, 5.41) is 0. The molecule has 0 saturated heterocycles. The summed E-state index contributed by atoms with van der Waals surface area (Å²) in [5.74, 6) is -1.43. The maximum Gasteiger partial charge on any atom is 0.313 e. The van der Waals surface area contributed by atoms with Crippen LogP contribution in [0.5, 0.6) is 0 Å². The van der Waals surface area contributed by atoms with Gasteiger partial charge < -0.3 is 4.74 Å². The number of benzene rings is 2. The van der Waals surface area contributed by atoms with Crippen molar-refractivity contribution in [3.8, 4) is 0 Å². The van der Waals surface area contributed by atoms with Crippen LogP contribution in [0.1, 0.15) is 37.0 Å². The van der Waals surface area contributed by atoms with Crippen molar-refractivity contribution >= 4 is 5.97 Å². The Balaban J connectivity index is 2.07. The minimum Gasteiger partial charge on any atom is -0.457 e. The number of ether oxygens (including phenoxy) is 1. The molecule has 0 heterocycles. The molecule has 0 fully saturated rings. The zero-order chi connectivity index (χ0) is 14.5. The number of rotatable bonds is 4. The predicted octanol–water partition coefficient (Wildman–Crippen LogP) is 4.23. The number of carbonyl (C=O) groups excluding carboxylic acids is 1. The highest BCUT2D eigenvalue weighted by atomic mass is 19.1. The minimum atomic E-state index is -0.623. The van der Waals surface area contributed by atoms with E-state index in [0.29, 0.717) is 5.56 Å². The van der Waals surface area contributed by atoms with Crippen molar-refractivity contribution < 1.29 is 13.9 Å². The predicted molar refractivity (Wildman–Crippen MR) is 75.8 cm³/mol. The molecule has 2 atom stereocenters. The van der Waals surface area contributed by atoms with Gasteiger partial charge in [0.15, 0.2) is 0 Å². The molecule has 0 saturated carbocycles. The molecule has 2 nitrogen and oxygen atoms in total. The molecular formula is C17H17FO2. The van der Waals surface area contributed by atoms with Crippen LogP contribution >= 0.6 is 0 Å². The third kappa shape index (κ3) is 3.23. The molecule has 2 rings (SSSR count). The van der Waals surface area contributed by atoms with E-state index in [1.807, 2.05) is 30.3 Å². The molecule has 0 aliphatic rings. The summed E-state index contributed by atoms with van der Waals surface area (Å²) in [5.41, 5.74) is 1.28. The van der Waals surface area contributed by atoms with Gasteiger partial charge in [-0.05, 0) is 25.5 Å². The first-order valence-electron chi connectivity index (χ1n) is 6.59. The molecule has 2 aromatic rings. The van der Waals surface area contributed by atoms with Gasteiger partial charge in [-0.25, -0.2) is 4.39 Å². The lowest BCUT2D eigenvalue weighted by Gasteiger charge is -2.17. The Bertz CT molecular complexity index is 581. The number of esters is 1. The van der Waals surface area contributed by atoms with Gasteiger partial charge in [0.05, 0.1) is 5.92 Å². The number of halogens is 1. The lowest BCUT2D eigenvalue weighted by molar-refractivity contribution is -0.150. The Hall–Kier alpha value is -2.16. The van der Waals surface area contributed by atoms with Gasteiger partial charge in [-0.2, -0.15) is 0 Å². The Morgan fingerprint density at radius 3 is 2.25 bits per heavy atom. The van der Waals surface area contributed by atoms with Crippen LogP contribution in [0.3, 0.4) is 0 Å². The number of carbonyl (C=O) groups is 1. The van der Waals surface area contributed by atoms with Crippen molar-refractivity contribution in [2.75, 3.05) is 0 Å². The van der Waals surface area contributed by atoms with Crippen molar-refractivity contribution in [1.82, 2.24) is 0 Å². The first kappa shape index (κ1) is 14.3. The Labute approximate surface area is 118 Å². The highest BCUT2D eigenvalue weighted by Gasteiger charge is 2.22. The van der Waals surface area contributed by atoms with E-state index < -0.39 is 11.9 Å². The summed E-state index contributed by atoms with van der Waals surface area (Å²) in [6.45, 7) is 3.46. The lowest BCUT2D eigenvalue weighted by atomic mass is 10.0. The summed E-state index contributed by atoms with van der Waals surface area (Å²) in [6.07, 6.45) is -0.349. The van der Waals surface area contributed by atoms with Crippen molar-refractivity contribution in [1.29, 1.82) is 0 Å². The summed E-state index contributed by atoms with van der Waals surface area (Å²) in [6, 6.07) is 15.7. The zero-order valence-electron chi connectivity index (χ0n) is 11.5. The Morgan fingerprint density at radius 1 is 1.00 bits per heavy atom. The number of hydrogen-bond donors (Lipinski definition) is 0. The van der Waals surface area contributed by atoms with E-state index in [0.717, 1.165) is 5.56 Å². The fourth-order valence-corrected chi connectivity index (χ4v) is 2.02. The lowest BCUT2D eigenvalue weighted by Crippen LogP contribution is -2.16. The van der Waals surface area contributed by atoms with E-state index in [-0.39, 0.29) is 11.9 Å². The molecule has 0 amide bonds. The second kappa shape index (κ2) is 6.33. The van der Waals surface area contributed by atoms with Crippen LogP contribution in [0, 0.1) is 5.82 Å². The molecule has 0 aromatic heterocycles. The fourth-order valence-electron chi connectivity index (χ4n) is 2.02. The van der Waals surface area contributed by atoms with Gasteiger partial charge in [-0.3, -0.25) is 4.79 Å². The van der Waals surface area contributed by atoms with Crippen LogP contribution in [-0.2, 0) is 9.53 Å². The molecule has 0 aliphatic carbocycles. The Morgan fingerprint density at radius 2 is 1.60 bits per heavy atom. The van der Waals surface area contributed by atoms with Gasteiger partial charge in [-0.1, -0.05) is 48.5 Å². The molecule has 1 unspecified atom stereocenters. The average Bonchev–Trinajstić information content (AvgIpc) is 2.48. The van der Waals surface area contributed by atoms with E-state index in [1.165, 1.54) is 6.07 Å². The van der Waals surface area contributed by atoms with Crippen LogP contribution in [0.25, 0.3) is 0 Å². The van der Waals surface area contributed by atoms with Crippen LogP contribution in [-0.4, -0.2) is 5.97 Å². The topological polar surface area (TPSA) is 26.3 Å². The molecule has 3 heteroatoms. The van der Waals surface area contributed by atoms with Gasteiger partial charge in [0.25, 0.3) is 0 Å². The zero-order valence-corrected chi connectivity index (χ0v) is 11.5. The summed E-state index contributed by atoms with van der Waals surface area (Å²) in [7, 11) is 0.